The number of furan rings is 1. The van der Waals surface area contributed by atoms with Gasteiger partial charge in [-0.15, -0.1) is 11.8 Å². The summed E-state index contributed by atoms with van der Waals surface area (Å²) in [7, 11) is 1.35. The van der Waals surface area contributed by atoms with Crippen LogP contribution in [-0.4, -0.2) is 38.3 Å². The number of hydrogen-bond donors (Lipinski definition) is 0. The van der Waals surface area contributed by atoms with Crippen LogP contribution in [0.15, 0.2) is 83.3 Å². The molecule has 6 nitrogen and oxygen atoms in total. The maximum Gasteiger partial charge on any atom is 0.343 e. The van der Waals surface area contributed by atoms with E-state index < -0.39 is 5.97 Å². The van der Waals surface area contributed by atoms with Gasteiger partial charge in [0.1, 0.15) is 12.4 Å². The predicted octanol–water partition coefficient (Wildman–Crippen LogP) is 8.05. The number of carbonyl (C=O) groups is 1. The number of aryl methyl sites for hydroxylation is 1. The van der Waals surface area contributed by atoms with Crippen LogP contribution in [0.1, 0.15) is 61.5 Å². The van der Waals surface area contributed by atoms with Crippen molar-refractivity contribution in [1.29, 1.82) is 0 Å². The number of benzene rings is 3. The summed E-state index contributed by atoms with van der Waals surface area (Å²) in [6, 6.07) is 27.5. The van der Waals surface area contributed by atoms with E-state index in [1.165, 1.54) is 18.2 Å². The zero-order chi connectivity index (χ0) is 29.2. The molecule has 0 amide bonds. The monoisotopic (exact) mass is 588 g/mol. The van der Waals surface area contributed by atoms with E-state index in [-0.39, 0.29) is 17.6 Å². The van der Waals surface area contributed by atoms with Gasteiger partial charge in [0.15, 0.2) is 24.2 Å². The SMILES string of the molecule is CCCC(SCCc1c(COC2CCCCO2)oc2c(OCC(=O)OC)cccc12)(c1ccccc1)c1ccccc1. The lowest BCUT2D eigenvalue weighted by Crippen LogP contribution is -2.24. The third kappa shape index (κ3) is 7.02. The van der Waals surface area contributed by atoms with Gasteiger partial charge in [-0.1, -0.05) is 86.1 Å². The molecule has 222 valence electrons. The Bertz CT molecular complexity index is 1370. The Morgan fingerprint density at radius 3 is 2.36 bits per heavy atom. The van der Waals surface area contributed by atoms with E-state index in [4.69, 9.17) is 23.4 Å². The molecule has 0 spiro atoms. The van der Waals surface area contributed by atoms with Gasteiger partial charge in [-0.05, 0) is 55.1 Å². The van der Waals surface area contributed by atoms with Crippen LogP contribution in [0.5, 0.6) is 5.75 Å². The molecule has 4 aromatic rings. The number of carbonyl (C=O) groups excluding carboxylic acids is 1. The van der Waals surface area contributed by atoms with Crippen LogP contribution in [-0.2, 0) is 36.8 Å². The summed E-state index contributed by atoms with van der Waals surface area (Å²) in [5, 5.41) is 0.974. The quantitative estimate of drug-likeness (QED) is 0.138. The van der Waals surface area contributed by atoms with Gasteiger partial charge in [-0.25, -0.2) is 4.79 Å². The van der Waals surface area contributed by atoms with Crippen molar-refractivity contribution in [2.45, 2.75) is 63.1 Å². The normalized spacial score (nSPS) is 15.5. The van der Waals surface area contributed by atoms with E-state index in [1.807, 2.05) is 23.9 Å². The summed E-state index contributed by atoms with van der Waals surface area (Å²) in [5.41, 5.74) is 4.35. The van der Waals surface area contributed by atoms with Crippen molar-refractivity contribution >= 4 is 28.7 Å². The molecular formula is C35H40O6S. The van der Waals surface area contributed by atoms with E-state index >= 15 is 0 Å². The predicted molar refractivity (Wildman–Crippen MR) is 167 cm³/mol. The smallest absolute Gasteiger partial charge is 0.343 e. The van der Waals surface area contributed by atoms with E-state index in [1.54, 1.807) is 0 Å². The van der Waals surface area contributed by atoms with Gasteiger partial charge in [-0.3, -0.25) is 0 Å². The fourth-order valence-electron chi connectivity index (χ4n) is 5.69. The van der Waals surface area contributed by atoms with Crippen LogP contribution in [0.25, 0.3) is 11.0 Å². The van der Waals surface area contributed by atoms with Crippen molar-refractivity contribution in [3.8, 4) is 5.75 Å². The Morgan fingerprint density at radius 1 is 0.976 bits per heavy atom. The summed E-state index contributed by atoms with van der Waals surface area (Å²) in [5.74, 6) is 1.72. The van der Waals surface area contributed by atoms with Crippen molar-refractivity contribution in [3.63, 3.8) is 0 Å². The van der Waals surface area contributed by atoms with Crippen LogP contribution < -0.4 is 4.74 Å². The molecule has 1 atom stereocenters. The second-order valence-corrected chi connectivity index (χ2v) is 11.9. The molecule has 0 aliphatic carbocycles. The van der Waals surface area contributed by atoms with E-state index in [9.17, 15) is 4.79 Å². The highest BCUT2D eigenvalue weighted by molar-refractivity contribution is 8.00. The molecule has 1 aromatic heterocycles. The molecule has 1 aliphatic heterocycles. The number of ether oxygens (including phenoxy) is 4. The maximum atomic E-state index is 11.8. The molecule has 1 aliphatic rings. The number of hydrogen-bond acceptors (Lipinski definition) is 7. The summed E-state index contributed by atoms with van der Waals surface area (Å²) < 4.78 is 28.8. The average molecular weight is 589 g/mol. The van der Waals surface area contributed by atoms with Crippen molar-refractivity contribution < 1.29 is 28.2 Å². The topological polar surface area (TPSA) is 67.1 Å². The Labute approximate surface area is 252 Å². The first kappa shape index (κ1) is 30.2. The van der Waals surface area contributed by atoms with E-state index in [0.29, 0.717) is 17.9 Å². The van der Waals surface area contributed by atoms with Gasteiger partial charge in [0.2, 0.25) is 0 Å². The molecule has 2 heterocycles. The van der Waals surface area contributed by atoms with Crippen molar-refractivity contribution in [3.05, 3.63) is 101 Å². The Hall–Kier alpha value is -3.26. The van der Waals surface area contributed by atoms with Gasteiger partial charge in [0.05, 0.1) is 11.9 Å². The third-order valence-corrected chi connectivity index (χ3v) is 9.34. The van der Waals surface area contributed by atoms with E-state index in [0.717, 1.165) is 67.6 Å². The van der Waals surface area contributed by atoms with Crippen molar-refractivity contribution in [2.24, 2.45) is 0 Å². The van der Waals surface area contributed by atoms with Crippen LogP contribution >= 0.6 is 11.8 Å². The number of para-hydroxylation sites is 1. The Morgan fingerprint density at radius 2 is 1.71 bits per heavy atom. The van der Waals surface area contributed by atoms with Gasteiger partial charge in [0, 0.05) is 17.6 Å². The molecule has 3 aromatic carbocycles. The number of rotatable bonds is 14. The standard InChI is InChI=1S/C35H40O6S/c1-3-21-35(26-13-6-4-7-14-26,27-15-8-5-9-16-27)42-23-20-28-29-17-12-18-30(39-25-32(36)37-2)34(29)41-31(28)24-40-33-19-10-11-22-38-33/h4-9,12-18,33H,3,10-11,19-25H2,1-2H3. The minimum atomic E-state index is -0.442. The molecule has 1 saturated heterocycles. The Kier molecular flexibility index (Phi) is 10.6. The lowest BCUT2D eigenvalue weighted by molar-refractivity contribution is -0.171. The van der Waals surface area contributed by atoms with Crippen molar-refractivity contribution in [2.75, 3.05) is 26.1 Å². The molecule has 0 N–H and O–H groups in total. The van der Waals surface area contributed by atoms with Crippen molar-refractivity contribution in [1.82, 2.24) is 0 Å². The Balaban J connectivity index is 1.44. The molecule has 0 saturated carbocycles. The first-order valence-corrected chi connectivity index (χ1v) is 15.8. The number of thioether (sulfide) groups is 1. The molecular weight excluding hydrogens is 548 g/mol. The maximum absolute atomic E-state index is 11.8. The second-order valence-electron chi connectivity index (χ2n) is 10.5. The number of fused-ring (bicyclic) bond motifs is 1. The highest BCUT2D eigenvalue weighted by atomic mass is 32.2. The van der Waals surface area contributed by atoms with Gasteiger partial charge < -0.3 is 23.4 Å². The van der Waals surface area contributed by atoms with Crippen LogP contribution in [0.2, 0.25) is 0 Å². The summed E-state index contributed by atoms with van der Waals surface area (Å²) >= 11 is 1.98. The molecule has 0 radical (unpaired) electrons. The third-order valence-electron chi connectivity index (χ3n) is 7.76. The molecule has 5 rings (SSSR count). The van der Waals surface area contributed by atoms with Gasteiger partial charge in [0.25, 0.3) is 0 Å². The van der Waals surface area contributed by atoms with E-state index in [2.05, 4.69) is 73.7 Å². The highest BCUT2D eigenvalue weighted by Gasteiger charge is 2.34. The highest BCUT2D eigenvalue weighted by Crippen LogP contribution is 2.47. The summed E-state index contributed by atoms with van der Waals surface area (Å²) in [6.45, 7) is 3.10. The first-order valence-electron chi connectivity index (χ1n) is 14.9. The minimum absolute atomic E-state index is 0.168. The first-order chi connectivity index (χ1) is 20.6. The molecule has 1 fully saturated rings. The van der Waals surface area contributed by atoms with Crippen LogP contribution in [0.4, 0.5) is 0 Å². The largest absolute Gasteiger partial charge is 0.478 e. The fraction of sp³-hybridized carbons (Fsp3) is 0.400. The zero-order valence-corrected chi connectivity index (χ0v) is 25.3. The van der Waals surface area contributed by atoms with Gasteiger partial charge >= 0.3 is 5.97 Å². The number of methoxy groups -OCH3 is 1. The average Bonchev–Trinajstić information content (AvgIpc) is 3.41. The molecule has 1 unspecified atom stereocenters. The molecule has 42 heavy (non-hydrogen) atoms. The molecule has 0 bridgehead atoms. The summed E-state index contributed by atoms with van der Waals surface area (Å²) in [6.07, 6.45) is 5.69. The number of esters is 1. The van der Waals surface area contributed by atoms with Crippen LogP contribution in [0, 0.1) is 0 Å². The van der Waals surface area contributed by atoms with Crippen LogP contribution in [0.3, 0.4) is 0 Å². The minimum Gasteiger partial charge on any atom is -0.478 e. The lowest BCUT2D eigenvalue weighted by atomic mass is 9.86. The second kappa shape index (κ2) is 14.8. The zero-order valence-electron chi connectivity index (χ0n) is 24.5. The molecule has 7 heteroatoms. The fourth-order valence-corrected chi connectivity index (χ4v) is 7.30. The lowest BCUT2D eigenvalue weighted by Gasteiger charge is -2.35. The van der Waals surface area contributed by atoms with Gasteiger partial charge in [-0.2, -0.15) is 0 Å². The summed E-state index contributed by atoms with van der Waals surface area (Å²) in [4.78, 5) is 11.8.